The van der Waals surface area contributed by atoms with E-state index in [0.717, 1.165) is 17.6 Å². The average Bonchev–Trinajstić information content (AvgIpc) is 1.23. The Balaban J connectivity index is 0.633. The van der Waals surface area contributed by atoms with E-state index in [0.29, 0.717) is 181 Å². The van der Waals surface area contributed by atoms with Crippen LogP contribution in [0.5, 0.6) is 0 Å². The molecule has 1 saturated carbocycles. The van der Waals surface area contributed by atoms with Crippen molar-refractivity contribution in [2.24, 2.45) is 35.5 Å². The number of aromatic nitrogens is 8. The lowest BCUT2D eigenvalue weighted by Gasteiger charge is -2.42. The van der Waals surface area contributed by atoms with Gasteiger partial charge in [-0.05, 0) is 144 Å². The summed E-state index contributed by atoms with van der Waals surface area (Å²) in [7, 11) is 4.56. The number of carbonyl (C=O) groups is 8. The fourth-order valence-electron chi connectivity index (χ4n) is 16.2. The maximum atomic E-state index is 14.8. The van der Waals surface area contributed by atoms with Crippen LogP contribution in [0, 0.1) is 35.5 Å². The minimum Gasteiger partial charge on any atom is -0.460 e. The van der Waals surface area contributed by atoms with Crippen molar-refractivity contribution in [3.63, 3.8) is 0 Å². The highest BCUT2D eigenvalue weighted by atomic mass is 16.6. The Bertz CT molecular complexity index is 4390. The van der Waals surface area contributed by atoms with Crippen LogP contribution in [0.1, 0.15) is 176 Å². The van der Waals surface area contributed by atoms with Crippen LogP contribution in [0.4, 0.5) is 11.8 Å². The van der Waals surface area contributed by atoms with Gasteiger partial charge in [0, 0.05) is 110 Å². The number of carbonyl (C=O) groups excluding carboxylic acids is 8. The third-order valence-corrected chi connectivity index (χ3v) is 23.4. The van der Waals surface area contributed by atoms with E-state index in [1.807, 2.05) is 63.3 Å². The zero-order chi connectivity index (χ0) is 88.5. The first-order valence-corrected chi connectivity index (χ1v) is 43.3. The average molecular weight is 1720 g/mol. The summed E-state index contributed by atoms with van der Waals surface area (Å²) in [6, 6.07) is 4.10. The van der Waals surface area contributed by atoms with E-state index in [1.54, 1.807) is 69.6 Å². The van der Waals surface area contributed by atoms with Gasteiger partial charge in [0.2, 0.25) is 17.6 Å². The number of aliphatic hydroxyl groups excluding tert-OH is 1. The molecule has 3 aliphatic heterocycles. The molecule has 3 fully saturated rings. The van der Waals surface area contributed by atoms with Crippen LogP contribution in [-0.2, 0) is 104 Å². The number of unbranched alkanes of at least 4 members (excludes halogenated alkanes) is 1. The van der Waals surface area contributed by atoms with Crippen LogP contribution < -0.4 is 22.1 Å². The van der Waals surface area contributed by atoms with Crippen molar-refractivity contribution in [3.05, 3.63) is 84.0 Å². The molecule has 8 N–H and O–H groups in total. The summed E-state index contributed by atoms with van der Waals surface area (Å²) >= 11 is 0. The Kier molecular flexibility index (Phi) is 39.3. The molecule has 9 rings (SSSR count). The third kappa shape index (κ3) is 29.0. The maximum Gasteiger partial charge on any atom is 0.329 e. The van der Waals surface area contributed by atoms with Crippen LogP contribution >= 0.6 is 0 Å². The number of rotatable bonds is 37. The number of anilines is 2. The second-order valence-corrected chi connectivity index (χ2v) is 32.8. The zero-order valence-corrected chi connectivity index (χ0v) is 73.0. The number of nitrogens with one attached hydrogen (secondary N) is 2. The van der Waals surface area contributed by atoms with E-state index in [9.17, 15) is 48.6 Å². The smallest absolute Gasteiger partial charge is 0.329 e. The molecular weight excluding hydrogens is 1590 g/mol. The number of hydrogen-bond acceptors (Lipinski definition) is 30. The van der Waals surface area contributed by atoms with E-state index in [2.05, 4.69) is 35.9 Å². The first-order valence-electron chi connectivity index (χ1n) is 43.3. The molecule has 15 atom stereocenters. The summed E-state index contributed by atoms with van der Waals surface area (Å²) in [6.45, 7) is 16.8. The Labute approximate surface area is 719 Å². The lowest BCUT2D eigenvalue weighted by molar-refractivity contribution is -0.265. The van der Waals surface area contributed by atoms with Crippen LogP contribution in [0.25, 0.3) is 33.4 Å². The quantitative estimate of drug-likeness (QED) is 0.00944. The largest absolute Gasteiger partial charge is 0.460 e. The summed E-state index contributed by atoms with van der Waals surface area (Å²) in [5.41, 5.74) is 16.8. The second kappa shape index (κ2) is 49.5. The van der Waals surface area contributed by atoms with Crippen molar-refractivity contribution in [3.8, 4) is 11.3 Å². The Morgan fingerprint density at radius 1 is 0.756 bits per heavy atom. The first kappa shape index (κ1) is 97.7. The summed E-state index contributed by atoms with van der Waals surface area (Å²) in [5, 5.41) is 43.7. The lowest BCUT2D eigenvalue weighted by Crippen LogP contribution is -2.61. The molecular formula is C88H129N13O22. The number of aryl methyl sites for hydroxylation is 1. The van der Waals surface area contributed by atoms with Gasteiger partial charge in [0.1, 0.15) is 65.8 Å². The number of oxazole rings is 1. The molecule has 3 amide bonds. The van der Waals surface area contributed by atoms with Gasteiger partial charge in [0.25, 0.3) is 17.7 Å². The van der Waals surface area contributed by atoms with Gasteiger partial charge in [-0.15, -0.1) is 5.10 Å². The normalized spacial score (nSPS) is 26.9. The van der Waals surface area contributed by atoms with Crippen molar-refractivity contribution in [1.29, 1.82) is 0 Å². The van der Waals surface area contributed by atoms with Gasteiger partial charge in [-0.25, -0.2) is 24.1 Å². The number of nitrogens with zero attached hydrogens (tertiary/aromatic N) is 9. The fourth-order valence-corrected chi connectivity index (χ4v) is 16.2. The van der Waals surface area contributed by atoms with Gasteiger partial charge < -0.3 is 93.7 Å². The number of ketones is 3. The molecule has 5 aromatic rings. The van der Waals surface area contributed by atoms with Gasteiger partial charge >= 0.3 is 11.9 Å². The van der Waals surface area contributed by atoms with E-state index in [1.165, 1.54) is 18.3 Å². The predicted molar refractivity (Wildman–Crippen MR) is 453 cm³/mol. The molecule has 2 saturated heterocycles. The molecule has 123 heavy (non-hydrogen) atoms. The number of fused-ring (bicyclic) bond motifs is 5. The van der Waals surface area contributed by atoms with Crippen LogP contribution in [-0.4, -0.2) is 257 Å². The Hall–Kier alpha value is -9.14. The molecule has 678 valence electrons. The molecule has 1 aromatic carbocycles. The van der Waals surface area contributed by atoms with Crippen LogP contribution in [0.15, 0.2) is 82.7 Å². The first-order chi connectivity index (χ1) is 59.2. The van der Waals surface area contributed by atoms with Crippen molar-refractivity contribution < 1.29 is 105 Å². The number of Topliss-reactive ketones (excluding diaryl/α,β-unsaturated/α-hetero) is 3. The number of piperidine rings is 1. The van der Waals surface area contributed by atoms with Gasteiger partial charge in [-0.1, -0.05) is 76.3 Å². The molecule has 35 nitrogen and oxygen atoms in total. The van der Waals surface area contributed by atoms with Gasteiger partial charge in [-0.2, -0.15) is 10.1 Å². The number of nitrogens with two attached hydrogens (primary N) is 2. The SMILES string of the molecule is CO[C@H]1C[C@@H]2CC[C@@H](C)[C@@](O)(O2)C(=O)C(=O)N2CCCC[C@H]2C(=O)O[C@H]([C@H](C)C[C@@H]2CC[C@H](n3cc(COC(=O)CCCOCCOCCOCCC(=O)NCCOCCOCCC(=O)NCCCCn4nc(-c5ccc6oc(N)nc6c5)c5c(N)ncnc54)nn3)[C@H](OC)C2)CC(=O)[C@H](C)/C=C(\C)[C@@H](O)[C@@H](OC)C(=O)[C@H](C)C[C@H](C)/C=C/C=C/C=C/1C. The molecule has 4 aliphatic rings. The number of cyclic esters (lactones) is 1. The molecule has 0 radical (unpaired) electrons. The fraction of sp³-hybridized carbons (Fsp3) is 0.659. The number of esters is 2. The lowest BCUT2D eigenvalue weighted by atomic mass is 9.77. The van der Waals surface area contributed by atoms with E-state index in [4.69, 9.17) is 73.1 Å². The van der Waals surface area contributed by atoms with Crippen molar-refractivity contribution in [2.75, 3.05) is 118 Å². The van der Waals surface area contributed by atoms with Gasteiger partial charge in [-0.3, -0.25) is 33.6 Å². The Morgan fingerprint density at radius 3 is 2.20 bits per heavy atom. The Morgan fingerprint density at radius 2 is 1.47 bits per heavy atom. The molecule has 4 aromatic heterocycles. The second-order valence-electron chi connectivity index (χ2n) is 32.8. The number of allylic oxidation sites excluding steroid dienone is 6. The van der Waals surface area contributed by atoms with Crippen molar-refractivity contribution in [2.45, 2.75) is 232 Å². The number of benzene rings is 1. The highest BCUT2D eigenvalue weighted by molar-refractivity contribution is 6.39. The molecule has 0 spiro atoms. The molecule has 7 heterocycles. The van der Waals surface area contributed by atoms with Crippen molar-refractivity contribution >= 4 is 81.0 Å². The molecule has 0 unspecified atom stereocenters. The monoisotopic (exact) mass is 1720 g/mol. The zero-order valence-electron chi connectivity index (χ0n) is 73.0. The molecule has 2 bridgehead atoms. The summed E-state index contributed by atoms with van der Waals surface area (Å²) < 4.78 is 72.7. The van der Waals surface area contributed by atoms with E-state index >= 15 is 0 Å². The maximum absolute atomic E-state index is 14.8. The standard InChI is InChI=1S/C88H129N13O22/c1-55-19-12-11-13-20-56(2)71(112-8)50-65-26-23-61(7)88(111,123-65)82(108)85(109)99-33-16-14-21-68(99)86(110)121-72(51-69(102)57(3)46-60(6)80(107)81(114-10)79(106)59(5)45-55)58(4)47-62-24-27-67(73(48-62)113-9)101-52-64(96-98-101)53-120-76(105)22-18-35-115-39-43-119-44-41-117-37-30-75(104)92-32-38-118-42-40-116-36-29-74(103)91-31-15-17-34-100-84-77(83(89)93-54-94-84)78(97-100)63-25-28-70-66(49-63)95-87(90)122-70/h11-13,19-20,25,28,46,49,52,54-55,57-59,61-62,65,67-68,71-73,80-81,107,111H,14-18,21-24,26-27,29-45,47-48,50-51,53H2,1-10H3,(H2,90,95)(H,91,103)(H,92,104)(H2,89,93,94)/b13-11+,19-12+,56-20+,60-46+/t55-,57-,58-,59-,61-,62+,65+,67+,68+,71+,72+,73-,80-,81+,88-/m1/s1. The van der Waals surface area contributed by atoms with Gasteiger partial charge in [0.05, 0.1) is 95.4 Å². The van der Waals surface area contributed by atoms with Crippen molar-refractivity contribution in [1.82, 2.24) is 55.3 Å². The highest BCUT2D eigenvalue weighted by Crippen LogP contribution is 2.41. The number of nitrogen functional groups attached to an aromatic ring is 2. The summed E-state index contributed by atoms with van der Waals surface area (Å²) in [6.07, 6.45) is 16.6. The van der Waals surface area contributed by atoms with E-state index in [-0.39, 0.29) is 125 Å². The number of aliphatic hydroxyl groups is 2. The number of methoxy groups -OCH3 is 3. The predicted octanol–water partition coefficient (Wildman–Crippen LogP) is 8.16. The summed E-state index contributed by atoms with van der Waals surface area (Å²) in [5.74, 6) is -8.99. The number of hydrogen-bond donors (Lipinski definition) is 6. The molecule has 35 heteroatoms. The minimum absolute atomic E-state index is 0.0201. The van der Waals surface area contributed by atoms with E-state index < -0.39 is 89.6 Å². The van der Waals surface area contributed by atoms with Gasteiger partial charge in [0.15, 0.2) is 17.0 Å². The number of amides is 3. The van der Waals surface area contributed by atoms with Crippen LogP contribution in [0.2, 0.25) is 0 Å². The minimum atomic E-state index is -2.48. The third-order valence-electron chi connectivity index (χ3n) is 23.4. The molecule has 1 aliphatic carbocycles. The highest BCUT2D eigenvalue weighted by Gasteiger charge is 2.53. The summed E-state index contributed by atoms with van der Waals surface area (Å²) in [4.78, 5) is 124. The van der Waals surface area contributed by atoms with Crippen LogP contribution in [0.3, 0.4) is 0 Å². The number of ether oxygens (including phenoxy) is 11. The topological polar surface area (TPSA) is 458 Å².